The van der Waals surface area contributed by atoms with Crippen LogP contribution in [0.1, 0.15) is 10.5 Å². The lowest BCUT2D eigenvalue weighted by atomic mass is 10.0. The molecule has 0 aliphatic heterocycles. The van der Waals surface area contributed by atoms with Crippen molar-refractivity contribution in [1.82, 2.24) is 4.98 Å². The number of hydrogen-bond acceptors (Lipinski definition) is 4. The van der Waals surface area contributed by atoms with E-state index in [1.54, 1.807) is 12.1 Å². The third-order valence-corrected chi connectivity index (χ3v) is 3.25. The Balaban J connectivity index is 2.28. The maximum Gasteiger partial charge on any atom is 0.354 e. The fourth-order valence-corrected chi connectivity index (χ4v) is 2.24. The Kier molecular flexibility index (Phi) is 2.95. The molecule has 4 N–H and O–H groups in total. The minimum atomic E-state index is -1.21. The van der Waals surface area contributed by atoms with Crippen LogP contribution in [-0.2, 0) is 0 Å². The number of nitrogen functional groups attached to an aromatic ring is 1. The molecule has 0 aliphatic rings. The summed E-state index contributed by atoms with van der Waals surface area (Å²) in [7, 11) is 0. The Labute approximate surface area is 120 Å². The molecule has 21 heavy (non-hydrogen) atoms. The number of nitrogens with two attached hydrogens (primary N) is 1. The van der Waals surface area contributed by atoms with Crippen molar-refractivity contribution < 1.29 is 15.0 Å². The van der Waals surface area contributed by atoms with Crippen molar-refractivity contribution >= 4 is 22.6 Å². The van der Waals surface area contributed by atoms with Crippen LogP contribution in [0.3, 0.4) is 0 Å². The predicted octanol–water partition coefficient (Wildman–Crippen LogP) is 2.89. The molecule has 0 unspecified atom stereocenters. The molecule has 0 amide bonds. The van der Waals surface area contributed by atoms with Gasteiger partial charge in [-0.15, -0.1) is 0 Å². The standard InChI is InChI=1S/C16H12N2O3/c17-12-7-10(9-4-2-1-3-5-9)6-11-14(19)8-13(16(20)21)18-15(11)12/h1-8H,17H2,(H,18,19)(H,20,21). The van der Waals surface area contributed by atoms with E-state index < -0.39 is 5.97 Å². The second-order valence-electron chi connectivity index (χ2n) is 4.66. The van der Waals surface area contributed by atoms with Crippen LogP contribution in [0, 0.1) is 0 Å². The molecule has 3 rings (SSSR count). The smallest absolute Gasteiger partial charge is 0.354 e. The Morgan fingerprint density at radius 2 is 1.76 bits per heavy atom. The number of pyridine rings is 1. The number of hydrogen-bond donors (Lipinski definition) is 3. The molecule has 3 aromatic rings. The Morgan fingerprint density at radius 3 is 2.43 bits per heavy atom. The number of aromatic carboxylic acids is 1. The van der Waals surface area contributed by atoms with E-state index in [1.807, 2.05) is 30.3 Å². The molecular formula is C16H12N2O3. The number of carboxylic acids is 1. The summed E-state index contributed by atoms with van der Waals surface area (Å²) in [5, 5.41) is 19.4. The monoisotopic (exact) mass is 280 g/mol. The van der Waals surface area contributed by atoms with Gasteiger partial charge in [-0.25, -0.2) is 9.78 Å². The third kappa shape index (κ3) is 2.25. The van der Waals surface area contributed by atoms with Gasteiger partial charge in [0.15, 0.2) is 5.69 Å². The van der Waals surface area contributed by atoms with E-state index in [-0.39, 0.29) is 17.0 Å². The zero-order valence-corrected chi connectivity index (χ0v) is 10.9. The summed E-state index contributed by atoms with van der Waals surface area (Å²) in [5.41, 5.74) is 8.12. The quantitative estimate of drug-likeness (QED) is 0.627. The van der Waals surface area contributed by atoms with Gasteiger partial charge in [-0.2, -0.15) is 0 Å². The number of benzene rings is 2. The van der Waals surface area contributed by atoms with Crippen LogP contribution in [0.2, 0.25) is 0 Å². The first kappa shape index (κ1) is 12.9. The second-order valence-corrected chi connectivity index (χ2v) is 4.66. The summed E-state index contributed by atoms with van der Waals surface area (Å²) in [4.78, 5) is 15.0. The highest BCUT2D eigenvalue weighted by Crippen LogP contribution is 2.33. The highest BCUT2D eigenvalue weighted by atomic mass is 16.4. The summed E-state index contributed by atoms with van der Waals surface area (Å²) in [5.74, 6) is -1.36. The second kappa shape index (κ2) is 4.79. The first-order chi connectivity index (χ1) is 10.1. The van der Waals surface area contributed by atoms with Crippen molar-refractivity contribution in [2.24, 2.45) is 0 Å². The van der Waals surface area contributed by atoms with Crippen molar-refractivity contribution in [1.29, 1.82) is 0 Å². The lowest BCUT2D eigenvalue weighted by Gasteiger charge is -2.09. The van der Waals surface area contributed by atoms with Gasteiger partial charge < -0.3 is 15.9 Å². The summed E-state index contributed by atoms with van der Waals surface area (Å²) < 4.78 is 0. The van der Waals surface area contributed by atoms with Crippen LogP contribution in [0.25, 0.3) is 22.0 Å². The summed E-state index contributed by atoms with van der Waals surface area (Å²) in [6.07, 6.45) is 0. The van der Waals surface area contributed by atoms with Crippen LogP contribution >= 0.6 is 0 Å². The Hall–Kier alpha value is -3.08. The molecule has 0 saturated carbocycles. The molecule has 0 fully saturated rings. The van der Waals surface area contributed by atoms with E-state index in [4.69, 9.17) is 10.8 Å². The number of anilines is 1. The van der Waals surface area contributed by atoms with E-state index in [0.29, 0.717) is 11.1 Å². The molecule has 1 aromatic heterocycles. The van der Waals surface area contributed by atoms with E-state index in [1.165, 1.54) is 0 Å². The first-order valence-electron chi connectivity index (χ1n) is 6.28. The minimum Gasteiger partial charge on any atom is -0.507 e. The molecule has 5 heteroatoms. The van der Waals surface area contributed by atoms with Crippen molar-refractivity contribution in [3.63, 3.8) is 0 Å². The molecule has 2 aromatic carbocycles. The van der Waals surface area contributed by atoms with Crippen LogP contribution in [0.5, 0.6) is 5.75 Å². The van der Waals surface area contributed by atoms with Crippen molar-refractivity contribution in [3.05, 3.63) is 54.2 Å². The van der Waals surface area contributed by atoms with E-state index in [0.717, 1.165) is 17.2 Å². The number of aromatic hydroxyl groups is 1. The van der Waals surface area contributed by atoms with Gasteiger partial charge in [0.2, 0.25) is 0 Å². The molecule has 1 heterocycles. The number of carbonyl (C=O) groups is 1. The fourth-order valence-electron chi connectivity index (χ4n) is 2.24. The highest BCUT2D eigenvalue weighted by Gasteiger charge is 2.13. The Morgan fingerprint density at radius 1 is 1.05 bits per heavy atom. The number of nitrogens with zero attached hydrogens (tertiary/aromatic N) is 1. The molecule has 5 nitrogen and oxygen atoms in total. The first-order valence-corrected chi connectivity index (χ1v) is 6.28. The van der Waals surface area contributed by atoms with Gasteiger partial charge in [-0.3, -0.25) is 0 Å². The molecule has 0 aliphatic carbocycles. The average Bonchev–Trinajstić information content (AvgIpc) is 2.48. The number of aromatic nitrogens is 1. The van der Waals surface area contributed by atoms with Crippen molar-refractivity contribution in [2.75, 3.05) is 5.73 Å². The van der Waals surface area contributed by atoms with Crippen LogP contribution in [-0.4, -0.2) is 21.2 Å². The zero-order valence-electron chi connectivity index (χ0n) is 10.9. The van der Waals surface area contributed by atoms with Gasteiger partial charge >= 0.3 is 5.97 Å². The van der Waals surface area contributed by atoms with Gasteiger partial charge in [0.25, 0.3) is 0 Å². The van der Waals surface area contributed by atoms with E-state index in [9.17, 15) is 9.90 Å². The van der Waals surface area contributed by atoms with Crippen molar-refractivity contribution in [2.45, 2.75) is 0 Å². The molecule has 0 spiro atoms. The Bertz CT molecular complexity index is 845. The molecule has 0 bridgehead atoms. The molecule has 0 atom stereocenters. The van der Waals surface area contributed by atoms with Crippen LogP contribution in [0.15, 0.2) is 48.5 Å². The lowest BCUT2D eigenvalue weighted by molar-refractivity contribution is 0.0690. The molecule has 104 valence electrons. The molecule has 0 saturated heterocycles. The van der Waals surface area contributed by atoms with Gasteiger partial charge in [0.05, 0.1) is 11.2 Å². The maximum absolute atomic E-state index is 11.0. The highest BCUT2D eigenvalue weighted by molar-refractivity contribution is 6.00. The number of fused-ring (bicyclic) bond motifs is 1. The van der Waals surface area contributed by atoms with Crippen LogP contribution < -0.4 is 5.73 Å². The zero-order chi connectivity index (χ0) is 15.0. The van der Waals surface area contributed by atoms with Gasteiger partial charge in [0.1, 0.15) is 5.75 Å². The largest absolute Gasteiger partial charge is 0.507 e. The van der Waals surface area contributed by atoms with E-state index in [2.05, 4.69) is 4.98 Å². The van der Waals surface area contributed by atoms with Gasteiger partial charge in [-0.05, 0) is 23.3 Å². The topological polar surface area (TPSA) is 96.4 Å². The van der Waals surface area contributed by atoms with Crippen LogP contribution in [0.4, 0.5) is 5.69 Å². The molecule has 0 radical (unpaired) electrons. The van der Waals surface area contributed by atoms with Gasteiger partial charge in [0, 0.05) is 11.5 Å². The lowest BCUT2D eigenvalue weighted by Crippen LogP contribution is -2.02. The summed E-state index contributed by atoms with van der Waals surface area (Å²) in [6.45, 7) is 0. The number of carboxylic acid groups (broad SMARTS) is 1. The third-order valence-electron chi connectivity index (χ3n) is 3.25. The van der Waals surface area contributed by atoms with Gasteiger partial charge in [-0.1, -0.05) is 30.3 Å². The average molecular weight is 280 g/mol. The summed E-state index contributed by atoms with van der Waals surface area (Å²) in [6, 6.07) is 14.2. The summed E-state index contributed by atoms with van der Waals surface area (Å²) >= 11 is 0. The molecular weight excluding hydrogens is 268 g/mol. The van der Waals surface area contributed by atoms with Crippen molar-refractivity contribution in [3.8, 4) is 16.9 Å². The normalized spacial score (nSPS) is 10.7. The SMILES string of the molecule is Nc1cc(-c2ccccc2)cc2c(O)cc(C(=O)O)nc12. The fraction of sp³-hybridized carbons (Fsp3) is 0. The van der Waals surface area contributed by atoms with E-state index >= 15 is 0 Å². The predicted molar refractivity (Wildman–Crippen MR) is 80.2 cm³/mol. The number of rotatable bonds is 2. The maximum atomic E-state index is 11.0. The minimum absolute atomic E-state index is 0.151.